The topological polar surface area (TPSA) is 82.6 Å². The van der Waals surface area contributed by atoms with Crippen LogP contribution in [0.3, 0.4) is 0 Å². The molecule has 3 aromatic rings. The summed E-state index contributed by atoms with van der Waals surface area (Å²) < 4.78 is 63.0. The van der Waals surface area contributed by atoms with E-state index in [0.29, 0.717) is 11.1 Å². The van der Waals surface area contributed by atoms with E-state index in [9.17, 15) is 22.0 Å². The molecule has 10 heteroatoms. The molecule has 2 aromatic carbocycles. The molecule has 0 saturated heterocycles. The minimum absolute atomic E-state index is 0.0483. The van der Waals surface area contributed by atoms with Gasteiger partial charge in [0.25, 0.3) is 0 Å². The number of hydrogen-bond acceptors (Lipinski definition) is 6. The highest BCUT2D eigenvalue weighted by atomic mass is 35.5. The van der Waals surface area contributed by atoms with Crippen molar-refractivity contribution in [3.63, 3.8) is 0 Å². The Morgan fingerprint density at radius 1 is 1.16 bits per heavy atom. The number of pyridine rings is 1. The summed E-state index contributed by atoms with van der Waals surface area (Å²) >= 11 is 6.02. The summed E-state index contributed by atoms with van der Waals surface area (Å²) in [5.74, 6) is -3.98. The second-order valence-electron chi connectivity index (χ2n) is 7.14. The summed E-state index contributed by atoms with van der Waals surface area (Å²) in [6.45, 7) is 3.15. The molecular formula is C22H20ClF2NO5S. The highest BCUT2D eigenvalue weighted by molar-refractivity contribution is 7.90. The first kappa shape index (κ1) is 23.9. The van der Waals surface area contributed by atoms with Crippen molar-refractivity contribution in [2.75, 3.05) is 13.4 Å². The van der Waals surface area contributed by atoms with Crippen molar-refractivity contribution in [1.29, 1.82) is 0 Å². The Kier molecular flexibility index (Phi) is 6.71. The van der Waals surface area contributed by atoms with Gasteiger partial charge in [-0.1, -0.05) is 30.7 Å². The quantitative estimate of drug-likeness (QED) is 0.285. The van der Waals surface area contributed by atoms with Crippen LogP contribution in [-0.4, -0.2) is 32.7 Å². The number of sulfone groups is 1. The number of rotatable bonds is 6. The van der Waals surface area contributed by atoms with E-state index in [-0.39, 0.29) is 34.5 Å². The first-order valence-corrected chi connectivity index (χ1v) is 11.8. The summed E-state index contributed by atoms with van der Waals surface area (Å²) in [5, 5.41) is -0.501. The van der Waals surface area contributed by atoms with E-state index in [1.807, 2.05) is 0 Å². The number of esters is 1. The summed E-state index contributed by atoms with van der Waals surface area (Å²) in [7, 11) is -1.98. The van der Waals surface area contributed by atoms with E-state index >= 15 is 0 Å². The molecule has 0 aliphatic heterocycles. The average Bonchev–Trinajstić information content (AvgIpc) is 2.76. The van der Waals surface area contributed by atoms with Crippen LogP contribution >= 0.6 is 11.6 Å². The van der Waals surface area contributed by atoms with Crippen LogP contribution in [0.15, 0.2) is 29.2 Å². The Bertz CT molecular complexity index is 1330. The summed E-state index contributed by atoms with van der Waals surface area (Å²) in [6.07, 6.45) is 1.30. The van der Waals surface area contributed by atoms with Crippen molar-refractivity contribution in [3.05, 3.63) is 57.6 Å². The van der Waals surface area contributed by atoms with E-state index in [0.717, 1.165) is 11.8 Å². The number of nitrogens with zero attached hydrogens (tertiary/aromatic N) is 1. The van der Waals surface area contributed by atoms with Crippen molar-refractivity contribution in [2.45, 2.75) is 31.6 Å². The lowest BCUT2D eigenvalue weighted by atomic mass is 9.97. The predicted molar refractivity (Wildman–Crippen MR) is 116 cm³/mol. The highest BCUT2D eigenvalue weighted by Crippen LogP contribution is 2.41. The number of ether oxygens (including phenoxy) is 2. The zero-order chi connectivity index (χ0) is 23.8. The maximum absolute atomic E-state index is 14.7. The summed E-state index contributed by atoms with van der Waals surface area (Å²) in [6, 6.07) is 6.22. The average molecular weight is 484 g/mol. The van der Waals surface area contributed by atoms with E-state index in [4.69, 9.17) is 21.1 Å². The molecule has 0 atom stereocenters. The number of benzene rings is 2. The van der Waals surface area contributed by atoms with Gasteiger partial charge < -0.3 is 9.47 Å². The zero-order valence-electron chi connectivity index (χ0n) is 17.8. The van der Waals surface area contributed by atoms with Gasteiger partial charge in [0.2, 0.25) is 11.7 Å². The Labute approximate surface area is 189 Å². The number of halogens is 3. The van der Waals surface area contributed by atoms with Crippen LogP contribution in [0.4, 0.5) is 8.78 Å². The lowest BCUT2D eigenvalue weighted by Gasteiger charge is -2.18. The maximum Gasteiger partial charge on any atom is 0.311 e. The molecule has 0 fully saturated rings. The molecule has 0 radical (unpaired) electrons. The lowest BCUT2D eigenvalue weighted by Crippen LogP contribution is -2.11. The van der Waals surface area contributed by atoms with Crippen LogP contribution in [0.5, 0.6) is 11.6 Å². The molecule has 0 unspecified atom stereocenters. The molecule has 1 heterocycles. The molecular weight excluding hydrogens is 464 g/mol. The van der Waals surface area contributed by atoms with Gasteiger partial charge in [-0.25, -0.2) is 17.8 Å². The van der Waals surface area contributed by atoms with E-state index in [2.05, 4.69) is 4.98 Å². The molecule has 3 rings (SSSR count). The molecule has 1 aromatic heterocycles. The van der Waals surface area contributed by atoms with Crippen LogP contribution in [0.2, 0.25) is 5.02 Å². The van der Waals surface area contributed by atoms with E-state index < -0.39 is 38.2 Å². The fraction of sp³-hybridized carbons (Fsp3) is 0.273. The van der Waals surface area contributed by atoms with Crippen molar-refractivity contribution in [3.8, 4) is 11.6 Å². The number of carbonyl (C=O) groups excluding carboxylic acids is 1. The van der Waals surface area contributed by atoms with Crippen molar-refractivity contribution in [2.24, 2.45) is 0 Å². The summed E-state index contributed by atoms with van der Waals surface area (Å²) in [4.78, 5) is 16.3. The lowest BCUT2D eigenvalue weighted by molar-refractivity contribution is -0.134. The Morgan fingerprint density at radius 2 is 1.78 bits per heavy atom. The normalized spacial score (nSPS) is 11.6. The molecule has 170 valence electrons. The molecule has 0 saturated carbocycles. The largest absolute Gasteiger partial charge is 0.481 e. The predicted octanol–water partition coefficient (Wildman–Crippen LogP) is 4.79. The van der Waals surface area contributed by atoms with Crippen LogP contribution in [0, 0.1) is 18.6 Å². The third-order valence-electron chi connectivity index (χ3n) is 4.99. The van der Waals surface area contributed by atoms with Crippen LogP contribution in [-0.2, 0) is 21.1 Å². The number of aryl methyl sites for hydroxylation is 1. The number of methoxy groups -OCH3 is 1. The first-order chi connectivity index (χ1) is 15.0. The monoisotopic (exact) mass is 483 g/mol. The first-order valence-electron chi connectivity index (χ1n) is 9.52. The minimum Gasteiger partial charge on any atom is -0.481 e. The van der Waals surface area contributed by atoms with Gasteiger partial charge >= 0.3 is 5.97 Å². The maximum atomic E-state index is 14.7. The Hall–Kier alpha value is -2.78. The third kappa shape index (κ3) is 4.40. The third-order valence-corrected chi connectivity index (χ3v) is 6.46. The zero-order valence-corrected chi connectivity index (χ0v) is 19.3. The van der Waals surface area contributed by atoms with Crippen molar-refractivity contribution >= 4 is 38.3 Å². The smallest absolute Gasteiger partial charge is 0.311 e. The van der Waals surface area contributed by atoms with Gasteiger partial charge in [-0.05, 0) is 30.2 Å². The van der Waals surface area contributed by atoms with Gasteiger partial charge in [-0.3, -0.25) is 4.79 Å². The Morgan fingerprint density at radius 3 is 2.31 bits per heavy atom. The molecule has 0 spiro atoms. The minimum atomic E-state index is -3.35. The van der Waals surface area contributed by atoms with Gasteiger partial charge in [-0.15, -0.1) is 0 Å². The highest BCUT2D eigenvalue weighted by Gasteiger charge is 2.27. The van der Waals surface area contributed by atoms with Crippen molar-refractivity contribution < 1.29 is 31.5 Å². The number of fused-ring (bicyclic) bond motifs is 1. The SMILES string of the molecule is CCC(=O)Oc1c(F)c(F)c(Cl)c2nc(OC)c(Cc3ccc(S(C)(=O)=O)cc3)c(C)c12. The van der Waals surface area contributed by atoms with Crippen molar-refractivity contribution in [1.82, 2.24) is 4.98 Å². The second kappa shape index (κ2) is 8.99. The summed E-state index contributed by atoms with van der Waals surface area (Å²) in [5.41, 5.74) is 1.57. The molecule has 0 bridgehead atoms. The second-order valence-corrected chi connectivity index (χ2v) is 9.53. The molecule has 0 amide bonds. The number of hydrogen-bond donors (Lipinski definition) is 0. The van der Waals surface area contributed by atoms with Gasteiger partial charge in [-0.2, -0.15) is 4.39 Å². The van der Waals surface area contributed by atoms with Gasteiger partial charge in [0, 0.05) is 24.7 Å². The Balaban J connectivity index is 2.25. The fourth-order valence-corrected chi connectivity index (χ4v) is 4.13. The van der Waals surface area contributed by atoms with Gasteiger partial charge in [0.1, 0.15) is 10.5 Å². The van der Waals surface area contributed by atoms with Crippen LogP contribution in [0.1, 0.15) is 30.0 Å². The standard InChI is InChI=1S/C22H20ClF2NO5S/c1-5-15(27)31-21-16-11(2)14(10-12-6-8-13(9-7-12)32(4,28)29)22(30-3)26-20(16)17(23)18(24)19(21)25/h6-9H,5,10H2,1-4H3. The molecule has 6 nitrogen and oxygen atoms in total. The number of carbonyl (C=O) groups is 1. The van der Waals surface area contributed by atoms with Crippen LogP contribution in [0.25, 0.3) is 10.9 Å². The molecule has 32 heavy (non-hydrogen) atoms. The molecule has 0 N–H and O–H groups in total. The van der Waals surface area contributed by atoms with Gasteiger partial charge in [0.05, 0.1) is 17.4 Å². The van der Waals surface area contributed by atoms with E-state index in [1.165, 1.54) is 26.2 Å². The fourth-order valence-electron chi connectivity index (χ4n) is 3.28. The molecule has 0 aliphatic carbocycles. The van der Waals surface area contributed by atoms with E-state index in [1.54, 1.807) is 19.1 Å². The number of aromatic nitrogens is 1. The molecule has 0 aliphatic rings. The van der Waals surface area contributed by atoms with Crippen LogP contribution < -0.4 is 9.47 Å². The van der Waals surface area contributed by atoms with Gasteiger partial charge in [0.15, 0.2) is 21.4 Å².